The van der Waals surface area contributed by atoms with Crippen LogP contribution in [0.4, 0.5) is 0 Å². The normalized spacial score (nSPS) is 39.3. The number of benzene rings is 1. The number of nitrogens with two attached hydrogens (primary N) is 2. The molecule has 0 bridgehead atoms. The van der Waals surface area contributed by atoms with Gasteiger partial charge in [0.15, 0.2) is 0 Å². The summed E-state index contributed by atoms with van der Waals surface area (Å²) in [5, 5.41) is 0. The number of allylic oxidation sites excluding steroid dienone is 2. The molecule has 4 N–H and O–H groups in total. The van der Waals surface area contributed by atoms with Crippen LogP contribution in [0.1, 0.15) is 11.6 Å². The molecule has 3 unspecified atom stereocenters. The molecular formula is C14H17N3. The molecule has 1 fully saturated rings. The maximum atomic E-state index is 6.15. The first-order valence-electron chi connectivity index (χ1n) is 5.97. The zero-order valence-electron chi connectivity index (χ0n) is 9.61. The van der Waals surface area contributed by atoms with Gasteiger partial charge in [0, 0.05) is 12.1 Å². The zero-order valence-corrected chi connectivity index (χ0v) is 9.61. The van der Waals surface area contributed by atoms with E-state index in [9.17, 15) is 0 Å². The highest BCUT2D eigenvalue weighted by atomic mass is 15.4. The van der Waals surface area contributed by atoms with Gasteiger partial charge in [0.05, 0.1) is 12.2 Å². The molecule has 3 rings (SSSR count). The van der Waals surface area contributed by atoms with Crippen molar-refractivity contribution in [3.8, 4) is 0 Å². The summed E-state index contributed by atoms with van der Waals surface area (Å²) < 4.78 is 0. The lowest BCUT2D eigenvalue weighted by atomic mass is 10.0. The van der Waals surface area contributed by atoms with Crippen molar-refractivity contribution in [2.45, 2.75) is 24.3 Å². The third-order valence-electron chi connectivity index (χ3n) is 3.53. The summed E-state index contributed by atoms with van der Waals surface area (Å²) in [6.07, 6.45) is 8.28. The third-order valence-corrected chi connectivity index (χ3v) is 3.53. The lowest BCUT2D eigenvalue weighted by molar-refractivity contribution is 0.380. The minimum Gasteiger partial charge on any atom is -0.323 e. The number of nitrogens with zero attached hydrogens (tertiary/aromatic N) is 1. The van der Waals surface area contributed by atoms with E-state index in [-0.39, 0.29) is 18.2 Å². The molecule has 0 spiro atoms. The van der Waals surface area contributed by atoms with Crippen molar-refractivity contribution in [1.29, 1.82) is 0 Å². The van der Waals surface area contributed by atoms with Gasteiger partial charge in [-0.05, 0) is 5.56 Å². The van der Waals surface area contributed by atoms with Crippen LogP contribution in [0.2, 0.25) is 0 Å². The molecule has 1 aliphatic heterocycles. The van der Waals surface area contributed by atoms with Gasteiger partial charge in [-0.3, -0.25) is 4.90 Å². The molecule has 1 heterocycles. The Balaban J connectivity index is 1.79. The Morgan fingerprint density at radius 2 is 1.65 bits per heavy atom. The molecule has 1 saturated heterocycles. The van der Waals surface area contributed by atoms with Gasteiger partial charge in [-0.25, -0.2) is 0 Å². The molecule has 1 aromatic carbocycles. The van der Waals surface area contributed by atoms with Crippen LogP contribution in [0.3, 0.4) is 0 Å². The van der Waals surface area contributed by atoms with Gasteiger partial charge in [-0.1, -0.05) is 54.6 Å². The van der Waals surface area contributed by atoms with Gasteiger partial charge < -0.3 is 11.5 Å². The van der Waals surface area contributed by atoms with Crippen LogP contribution < -0.4 is 11.5 Å². The average Bonchev–Trinajstić information content (AvgIpc) is 3.02. The second-order valence-corrected chi connectivity index (χ2v) is 4.63. The summed E-state index contributed by atoms with van der Waals surface area (Å²) in [5.74, 6) is 0. The third kappa shape index (κ3) is 1.82. The highest BCUT2D eigenvalue weighted by Gasteiger charge is 2.50. The molecule has 5 atom stereocenters. The maximum Gasteiger partial charge on any atom is 0.0787 e. The molecular weight excluding hydrogens is 210 g/mol. The van der Waals surface area contributed by atoms with Gasteiger partial charge in [0.25, 0.3) is 0 Å². The zero-order chi connectivity index (χ0) is 11.8. The maximum absolute atomic E-state index is 6.15. The first-order chi connectivity index (χ1) is 8.29. The number of hydrogen-bond acceptors (Lipinski definition) is 3. The molecule has 0 amide bonds. The SMILES string of the molecule is NC1C=CC=CC1[N@]1C(c2ccccc2)[C@H]1N. The van der Waals surface area contributed by atoms with Crippen molar-refractivity contribution >= 4 is 0 Å². The Labute approximate surface area is 101 Å². The summed E-state index contributed by atoms with van der Waals surface area (Å²) in [4.78, 5) is 2.26. The number of rotatable bonds is 2. The van der Waals surface area contributed by atoms with Crippen molar-refractivity contribution in [3.63, 3.8) is 0 Å². The van der Waals surface area contributed by atoms with Crippen LogP contribution in [0, 0.1) is 0 Å². The van der Waals surface area contributed by atoms with Gasteiger partial charge in [0.1, 0.15) is 0 Å². The Hall–Kier alpha value is -1.42. The van der Waals surface area contributed by atoms with E-state index in [4.69, 9.17) is 11.5 Å². The van der Waals surface area contributed by atoms with Crippen LogP contribution in [0.25, 0.3) is 0 Å². The minimum atomic E-state index is 0.0414. The fourth-order valence-electron chi connectivity index (χ4n) is 2.58. The molecule has 0 aromatic heterocycles. The van der Waals surface area contributed by atoms with E-state index in [1.807, 2.05) is 24.3 Å². The molecule has 2 aliphatic rings. The predicted octanol–water partition coefficient (Wildman–Crippen LogP) is 1.15. The van der Waals surface area contributed by atoms with E-state index < -0.39 is 0 Å². The quantitative estimate of drug-likeness (QED) is 0.745. The Bertz CT molecular complexity index is 452. The first kappa shape index (κ1) is 10.7. The standard InChI is InChI=1S/C14H17N3/c15-11-8-4-5-9-12(11)17-13(14(17)16)10-6-2-1-3-7-10/h1-9,11-14H,15-16H2/t11?,12?,13?,14-,17+/m0/s1. The Morgan fingerprint density at radius 1 is 0.941 bits per heavy atom. The van der Waals surface area contributed by atoms with Crippen LogP contribution in [-0.2, 0) is 0 Å². The van der Waals surface area contributed by atoms with Crippen molar-refractivity contribution in [2.24, 2.45) is 11.5 Å². The average molecular weight is 227 g/mol. The molecule has 3 nitrogen and oxygen atoms in total. The van der Waals surface area contributed by atoms with E-state index in [1.54, 1.807) is 0 Å². The summed E-state index contributed by atoms with van der Waals surface area (Å²) in [6.45, 7) is 0. The smallest absolute Gasteiger partial charge is 0.0787 e. The molecule has 1 aromatic rings. The van der Waals surface area contributed by atoms with Crippen molar-refractivity contribution < 1.29 is 0 Å². The summed E-state index contributed by atoms with van der Waals surface area (Å²) in [5.41, 5.74) is 13.5. The predicted molar refractivity (Wildman–Crippen MR) is 69.0 cm³/mol. The van der Waals surface area contributed by atoms with E-state index in [2.05, 4.69) is 35.2 Å². The number of hydrogen-bond donors (Lipinski definition) is 2. The van der Waals surface area contributed by atoms with Gasteiger partial charge in [-0.15, -0.1) is 0 Å². The Kier molecular flexibility index (Phi) is 2.59. The molecule has 0 saturated carbocycles. The van der Waals surface area contributed by atoms with E-state index in [0.29, 0.717) is 6.04 Å². The van der Waals surface area contributed by atoms with Crippen LogP contribution in [-0.4, -0.2) is 23.1 Å². The fraction of sp³-hybridized carbons (Fsp3) is 0.286. The second-order valence-electron chi connectivity index (χ2n) is 4.63. The Morgan fingerprint density at radius 3 is 2.35 bits per heavy atom. The first-order valence-corrected chi connectivity index (χ1v) is 5.97. The second kappa shape index (κ2) is 4.11. The van der Waals surface area contributed by atoms with Gasteiger partial charge in [0.2, 0.25) is 0 Å². The molecule has 0 radical (unpaired) electrons. The molecule has 1 aliphatic carbocycles. The van der Waals surface area contributed by atoms with Gasteiger partial charge >= 0.3 is 0 Å². The monoisotopic (exact) mass is 227 g/mol. The molecule has 88 valence electrons. The van der Waals surface area contributed by atoms with E-state index in [1.165, 1.54) is 5.56 Å². The van der Waals surface area contributed by atoms with Crippen molar-refractivity contribution in [3.05, 3.63) is 60.2 Å². The van der Waals surface area contributed by atoms with Gasteiger partial charge in [-0.2, -0.15) is 0 Å². The lowest BCUT2D eigenvalue weighted by Gasteiger charge is -2.22. The van der Waals surface area contributed by atoms with Crippen LogP contribution in [0.15, 0.2) is 54.6 Å². The molecule has 3 heteroatoms. The summed E-state index contributed by atoms with van der Waals surface area (Å²) in [6, 6.07) is 10.9. The summed E-state index contributed by atoms with van der Waals surface area (Å²) >= 11 is 0. The highest BCUT2D eigenvalue weighted by Crippen LogP contribution is 2.43. The minimum absolute atomic E-state index is 0.0414. The topological polar surface area (TPSA) is 55.0 Å². The van der Waals surface area contributed by atoms with E-state index in [0.717, 1.165) is 0 Å². The molecule has 17 heavy (non-hydrogen) atoms. The lowest BCUT2D eigenvalue weighted by Crippen LogP contribution is -2.40. The summed E-state index contributed by atoms with van der Waals surface area (Å²) in [7, 11) is 0. The van der Waals surface area contributed by atoms with Crippen LogP contribution >= 0.6 is 0 Å². The highest BCUT2D eigenvalue weighted by molar-refractivity contribution is 5.30. The van der Waals surface area contributed by atoms with E-state index >= 15 is 0 Å². The van der Waals surface area contributed by atoms with Crippen molar-refractivity contribution in [2.75, 3.05) is 0 Å². The van der Waals surface area contributed by atoms with Crippen LogP contribution in [0.5, 0.6) is 0 Å². The van der Waals surface area contributed by atoms with Crippen molar-refractivity contribution in [1.82, 2.24) is 4.90 Å². The largest absolute Gasteiger partial charge is 0.323 e. The fourth-order valence-corrected chi connectivity index (χ4v) is 2.58.